The van der Waals surface area contributed by atoms with E-state index in [0.717, 1.165) is 6.42 Å². The zero-order valence-corrected chi connectivity index (χ0v) is 14.0. The molecule has 23 heavy (non-hydrogen) atoms. The number of carbonyl (C=O) groups excluding carboxylic acids is 1. The number of benzene rings is 1. The molecule has 0 radical (unpaired) electrons. The summed E-state index contributed by atoms with van der Waals surface area (Å²) in [6.07, 6.45) is 2.44. The molecule has 2 aliphatic rings. The van der Waals surface area contributed by atoms with Gasteiger partial charge in [0.2, 0.25) is 0 Å². The number of urea groups is 1. The van der Waals surface area contributed by atoms with Crippen molar-refractivity contribution in [3.05, 3.63) is 35.9 Å². The molecule has 2 fully saturated rings. The Labute approximate surface area is 137 Å². The van der Waals surface area contributed by atoms with Gasteiger partial charge in [0.1, 0.15) is 9.84 Å². The fourth-order valence-electron chi connectivity index (χ4n) is 3.25. The summed E-state index contributed by atoms with van der Waals surface area (Å²) in [5.41, 5.74) is 1.35. The van der Waals surface area contributed by atoms with Crippen molar-refractivity contribution in [2.24, 2.45) is 11.8 Å². The zero-order valence-electron chi connectivity index (χ0n) is 13.2. The van der Waals surface area contributed by atoms with Crippen LogP contribution in [0.5, 0.6) is 0 Å². The Morgan fingerprint density at radius 1 is 1.04 bits per heavy atom. The Balaban J connectivity index is 1.32. The summed E-state index contributed by atoms with van der Waals surface area (Å²) in [4.78, 5) is 11.8. The Bertz CT molecular complexity index is 631. The second-order valence-electron chi connectivity index (χ2n) is 6.70. The van der Waals surface area contributed by atoms with Crippen molar-refractivity contribution >= 4 is 15.9 Å². The molecule has 0 bridgehead atoms. The average Bonchev–Trinajstić information content (AvgIpc) is 3.32. The number of nitrogens with one attached hydrogen (secondary N) is 2. The van der Waals surface area contributed by atoms with Crippen LogP contribution in [0, 0.1) is 11.8 Å². The highest BCUT2D eigenvalue weighted by molar-refractivity contribution is 7.91. The Kier molecular flexibility index (Phi) is 4.90. The van der Waals surface area contributed by atoms with Crippen LogP contribution < -0.4 is 10.6 Å². The summed E-state index contributed by atoms with van der Waals surface area (Å²) in [7, 11) is -2.83. The van der Waals surface area contributed by atoms with Gasteiger partial charge in [-0.2, -0.15) is 0 Å². The summed E-state index contributed by atoms with van der Waals surface area (Å²) in [6, 6.07) is 10.3. The van der Waals surface area contributed by atoms with Crippen molar-refractivity contribution in [2.75, 3.05) is 24.6 Å². The SMILES string of the molecule is O=C(NCC1CCS(=O)(=O)CC1)NCC1CC1c1ccccc1. The first kappa shape index (κ1) is 16.3. The Morgan fingerprint density at radius 3 is 2.39 bits per heavy atom. The molecular formula is C17H24N2O3S. The van der Waals surface area contributed by atoms with Crippen LogP contribution in [0.15, 0.2) is 30.3 Å². The minimum atomic E-state index is -2.83. The summed E-state index contributed by atoms with van der Waals surface area (Å²) in [5.74, 6) is 1.88. The number of hydrogen-bond acceptors (Lipinski definition) is 3. The van der Waals surface area contributed by atoms with Gasteiger partial charge in [0.25, 0.3) is 0 Å². The number of amides is 2. The lowest BCUT2D eigenvalue weighted by Crippen LogP contribution is -2.40. The second-order valence-corrected chi connectivity index (χ2v) is 9.00. The monoisotopic (exact) mass is 336 g/mol. The number of rotatable bonds is 5. The highest BCUT2D eigenvalue weighted by Gasteiger charge is 2.38. The maximum absolute atomic E-state index is 11.8. The highest BCUT2D eigenvalue weighted by Crippen LogP contribution is 2.46. The lowest BCUT2D eigenvalue weighted by atomic mass is 10.0. The van der Waals surface area contributed by atoms with E-state index in [0.29, 0.717) is 37.8 Å². The molecule has 2 amide bonds. The van der Waals surface area contributed by atoms with Gasteiger partial charge < -0.3 is 10.6 Å². The molecule has 6 heteroatoms. The van der Waals surface area contributed by atoms with E-state index < -0.39 is 9.84 Å². The van der Waals surface area contributed by atoms with Gasteiger partial charge in [-0.15, -0.1) is 0 Å². The van der Waals surface area contributed by atoms with E-state index in [1.807, 2.05) is 6.07 Å². The van der Waals surface area contributed by atoms with Crippen LogP contribution in [0.25, 0.3) is 0 Å². The molecule has 1 heterocycles. The third-order valence-electron chi connectivity index (χ3n) is 4.90. The third kappa shape index (κ3) is 4.70. The number of sulfone groups is 1. The minimum absolute atomic E-state index is 0.142. The van der Waals surface area contributed by atoms with Crippen molar-refractivity contribution < 1.29 is 13.2 Å². The molecule has 0 aromatic heterocycles. The molecule has 0 spiro atoms. The van der Waals surface area contributed by atoms with E-state index in [9.17, 15) is 13.2 Å². The lowest BCUT2D eigenvalue weighted by Gasteiger charge is -2.22. The summed E-state index contributed by atoms with van der Waals surface area (Å²) in [5, 5.41) is 5.80. The molecule has 2 unspecified atom stereocenters. The first-order chi connectivity index (χ1) is 11.0. The standard InChI is InChI=1S/C17H24N2O3S/c20-17(18-11-13-6-8-23(21,22)9-7-13)19-12-15-10-16(15)14-4-2-1-3-5-14/h1-5,13,15-16H,6-12H2,(H2,18,19,20). The molecule has 1 aliphatic heterocycles. The largest absolute Gasteiger partial charge is 0.338 e. The average molecular weight is 336 g/mol. The molecule has 1 saturated heterocycles. The van der Waals surface area contributed by atoms with E-state index in [2.05, 4.69) is 34.9 Å². The first-order valence-corrected chi connectivity index (χ1v) is 10.1. The Hall–Kier alpha value is -1.56. The number of carbonyl (C=O) groups is 1. The van der Waals surface area contributed by atoms with Crippen molar-refractivity contribution in [3.8, 4) is 0 Å². The van der Waals surface area contributed by atoms with Crippen molar-refractivity contribution in [2.45, 2.75) is 25.2 Å². The summed E-state index contributed by atoms with van der Waals surface area (Å²) in [6.45, 7) is 1.26. The quantitative estimate of drug-likeness (QED) is 0.862. The van der Waals surface area contributed by atoms with E-state index in [4.69, 9.17) is 0 Å². The van der Waals surface area contributed by atoms with Gasteiger partial charge in [-0.25, -0.2) is 13.2 Å². The lowest BCUT2D eigenvalue weighted by molar-refractivity contribution is 0.238. The zero-order chi connectivity index (χ0) is 16.3. The normalized spacial score (nSPS) is 26.4. The van der Waals surface area contributed by atoms with Gasteiger partial charge in [0.05, 0.1) is 11.5 Å². The van der Waals surface area contributed by atoms with E-state index in [1.54, 1.807) is 0 Å². The van der Waals surface area contributed by atoms with Gasteiger partial charge in [-0.1, -0.05) is 30.3 Å². The summed E-state index contributed by atoms with van der Waals surface area (Å²) >= 11 is 0. The molecule has 5 nitrogen and oxygen atoms in total. The summed E-state index contributed by atoms with van der Waals surface area (Å²) < 4.78 is 22.7. The molecule has 126 valence electrons. The van der Waals surface area contributed by atoms with Gasteiger partial charge in [0.15, 0.2) is 0 Å². The van der Waals surface area contributed by atoms with Gasteiger partial charge >= 0.3 is 6.03 Å². The molecule has 2 atom stereocenters. The van der Waals surface area contributed by atoms with Crippen molar-refractivity contribution in [3.63, 3.8) is 0 Å². The van der Waals surface area contributed by atoms with Crippen LogP contribution in [0.3, 0.4) is 0 Å². The van der Waals surface area contributed by atoms with Crippen LogP contribution in [0.4, 0.5) is 4.79 Å². The van der Waals surface area contributed by atoms with Crippen molar-refractivity contribution in [1.82, 2.24) is 10.6 Å². The second kappa shape index (κ2) is 6.91. The molecule has 2 N–H and O–H groups in total. The van der Waals surface area contributed by atoms with Crippen molar-refractivity contribution in [1.29, 1.82) is 0 Å². The predicted octanol–water partition coefficient (Wildman–Crippen LogP) is 1.91. The van der Waals surface area contributed by atoms with Crippen LogP contribution in [-0.4, -0.2) is 39.0 Å². The maximum atomic E-state index is 11.8. The molecule has 3 rings (SSSR count). The van der Waals surface area contributed by atoms with Gasteiger partial charge in [0, 0.05) is 13.1 Å². The molecular weight excluding hydrogens is 312 g/mol. The fraction of sp³-hybridized carbons (Fsp3) is 0.588. The first-order valence-electron chi connectivity index (χ1n) is 8.30. The van der Waals surface area contributed by atoms with Crippen LogP contribution in [0.1, 0.15) is 30.7 Å². The Morgan fingerprint density at radius 2 is 1.70 bits per heavy atom. The molecule has 1 saturated carbocycles. The van der Waals surface area contributed by atoms with Gasteiger partial charge in [-0.3, -0.25) is 0 Å². The van der Waals surface area contributed by atoms with Crippen LogP contribution in [0.2, 0.25) is 0 Å². The predicted molar refractivity (Wildman–Crippen MR) is 90.1 cm³/mol. The molecule has 1 aromatic rings. The third-order valence-corrected chi connectivity index (χ3v) is 6.62. The van der Waals surface area contributed by atoms with Crippen LogP contribution in [-0.2, 0) is 9.84 Å². The smallest absolute Gasteiger partial charge is 0.314 e. The topological polar surface area (TPSA) is 75.3 Å². The minimum Gasteiger partial charge on any atom is -0.338 e. The van der Waals surface area contributed by atoms with Crippen LogP contribution >= 0.6 is 0 Å². The molecule has 1 aromatic carbocycles. The fourth-order valence-corrected chi connectivity index (χ4v) is 4.84. The molecule has 1 aliphatic carbocycles. The van der Waals surface area contributed by atoms with E-state index in [1.165, 1.54) is 5.56 Å². The van der Waals surface area contributed by atoms with Gasteiger partial charge in [-0.05, 0) is 42.6 Å². The van der Waals surface area contributed by atoms with E-state index in [-0.39, 0.29) is 23.5 Å². The number of hydrogen-bond donors (Lipinski definition) is 2. The highest BCUT2D eigenvalue weighted by atomic mass is 32.2. The maximum Gasteiger partial charge on any atom is 0.314 e. The van der Waals surface area contributed by atoms with E-state index >= 15 is 0 Å².